The number of hydrogen-bond donors (Lipinski definition) is 0. The first-order chi connectivity index (χ1) is 9.15. The Morgan fingerprint density at radius 1 is 1.32 bits per heavy atom. The van der Waals surface area contributed by atoms with Crippen LogP contribution in [0.5, 0.6) is 5.75 Å². The van der Waals surface area contributed by atoms with Crippen molar-refractivity contribution in [2.45, 2.75) is 26.2 Å². The molecule has 0 fully saturated rings. The van der Waals surface area contributed by atoms with Gasteiger partial charge in [-0.1, -0.05) is 12.1 Å². The fourth-order valence-electron chi connectivity index (χ4n) is 1.95. The van der Waals surface area contributed by atoms with Crippen LogP contribution in [0.4, 0.5) is 0 Å². The number of nitriles is 1. The van der Waals surface area contributed by atoms with Gasteiger partial charge in [-0.25, -0.2) is 0 Å². The standard InChI is InChI=1S/C15H20N2O2/c1-4-17(5-2)15(18)10-13(11-16)12-6-8-14(19-3)9-7-12/h6-9,13H,4-5,10H2,1-3H3. The van der Waals surface area contributed by atoms with Crippen molar-refractivity contribution < 1.29 is 9.53 Å². The van der Waals surface area contributed by atoms with Gasteiger partial charge in [-0.05, 0) is 31.5 Å². The van der Waals surface area contributed by atoms with Gasteiger partial charge in [0.2, 0.25) is 5.91 Å². The Balaban J connectivity index is 2.78. The molecule has 0 radical (unpaired) electrons. The van der Waals surface area contributed by atoms with Crippen LogP contribution in [-0.4, -0.2) is 31.0 Å². The lowest BCUT2D eigenvalue weighted by atomic mass is 9.96. The number of methoxy groups -OCH3 is 1. The van der Waals surface area contributed by atoms with Crippen molar-refractivity contribution in [1.82, 2.24) is 4.90 Å². The van der Waals surface area contributed by atoms with E-state index in [-0.39, 0.29) is 12.3 Å². The molecule has 0 aliphatic heterocycles. The molecule has 1 aromatic carbocycles. The van der Waals surface area contributed by atoms with Crippen LogP contribution in [0.1, 0.15) is 31.7 Å². The summed E-state index contributed by atoms with van der Waals surface area (Å²) in [5, 5.41) is 9.23. The van der Waals surface area contributed by atoms with Crippen LogP contribution >= 0.6 is 0 Å². The third-order valence-corrected chi connectivity index (χ3v) is 3.17. The quantitative estimate of drug-likeness (QED) is 0.790. The van der Waals surface area contributed by atoms with Gasteiger partial charge in [0, 0.05) is 19.5 Å². The molecule has 1 aromatic rings. The molecule has 1 atom stereocenters. The summed E-state index contributed by atoms with van der Waals surface area (Å²) in [6.45, 7) is 5.23. The van der Waals surface area contributed by atoms with Crippen LogP contribution < -0.4 is 4.74 Å². The highest BCUT2D eigenvalue weighted by Crippen LogP contribution is 2.22. The van der Waals surface area contributed by atoms with Gasteiger partial charge >= 0.3 is 0 Å². The van der Waals surface area contributed by atoms with Crippen LogP contribution in [0, 0.1) is 11.3 Å². The Labute approximate surface area is 114 Å². The molecule has 0 aromatic heterocycles. The monoisotopic (exact) mass is 260 g/mol. The second kappa shape index (κ2) is 7.42. The predicted molar refractivity (Wildman–Crippen MR) is 73.9 cm³/mol. The van der Waals surface area contributed by atoms with Crippen molar-refractivity contribution in [3.05, 3.63) is 29.8 Å². The third kappa shape index (κ3) is 3.99. The predicted octanol–water partition coefficient (Wildman–Crippen LogP) is 2.56. The SMILES string of the molecule is CCN(CC)C(=O)CC(C#N)c1ccc(OC)cc1. The zero-order chi connectivity index (χ0) is 14.3. The van der Waals surface area contributed by atoms with Crippen molar-refractivity contribution in [2.75, 3.05) is 20.2 Å². The highest BCUT2D eigenvalue weighted by atomic mass is 16.5. The van der Waals surface area contributed by atoms with Gasteiger partial charge in [-0.2, -0.15) is 5.26 Å². The van der Waals surface area contributed by atoms with E-state index in [4.69, 9.17) is 4.74 Å². The summed E-state index contributed by atoms with van der Waals surface area (Å²) >= 11 is 0. The fraction of sp³-hybridized carbons (Fsp3) is 0.467. The molecule has 4 heteroatoms. The van der Waals surface area contributed by atoms with Gasteiger partial charge in [-0.3, -0.25) is 4.79 Å². The lowest BCUT2D eigenvalue weighted by Gasteiger charge is -2.20. The van der Waals surface area contributed by atoms with Crippen LogP contribution in [0.15, 0.2) is 24.3 Å². The molecule has 0 aliphatic carbocycles. The second-order valence-corrected chi connectivity index (χ2v) is 4.22. The Kier molecular flexibility index (Phi) is 5.87. The Morgan fingerprint density at radius 3 is 2.32 bits per heavy atom. The maximum absolute atomic E-state index is 12.0. The number of amides is 1. The average Bonchev–Trinajstić information content (AvgIpc) is 2.46. The number of carbonyl (C=O) groups is 1. The number of carbonyl (C=O) groups excluding carboxylic acids is 1. The second-order valence-electron chi connectivity index (χ2n) is 4.22. The molecular weight excluding hydrogens is 240 g/mol. The van der Waals surface area contributed by atoms with Gasteiger partial charge in [0.25, 0.3) is 0 Å². The van der Waals surface area contributed by atoms with E-state index in [1.54, 1.807) is 12.0 Å². The zero-order valence-electron chi connectivity index (χ0n) is 11.7. The Hall–Kier alpha value is -2.02. The van der Waals surface area contributed by atoms with Crippen LogP contribution in [-0.2, 0) is 4.79 Å². The van der Waals surface area contributed by atoms with Crippen molar-refractivity contribution in [3.63, 3.8) is 0 Å². The zero-order valence-corrected chi connectivity index (χ0v) is 11.7. The van der Waals surface area contributed by atoms with Gasteiger partial charge in [-0.15, -0.1) is 0 Å². The normalized spacial score (nSPS) is 11.5. The summed E-state index contributed by atoms with van der Waals surface area (Å²) < 4.78 is 5.08. The highest BCUT2D eigenvalue weighted by molar-refractivity contribution is 5.77. The van der Waals surface area contributed by atoms with E-state index in [1.807, 2.05) is 38.1 Å². The number of nitrogens with zero attached hydrogens (tertiary/aromatic N) is 2. The van der Waals surface area contributed by atoms with E-state index in [0.29, 0.717) is 13.1 Å². The van der Waals surface area contributed by atoms with Crippen molar-refractivity contribution in [2.24, 2.45) is 0 Å². The summed E-state index contributed by atoms with van der Waals surface area (Å²) in [5.74, 6) is 0.363. The molecule has 0 saturated carbocycles. The minimum Gasteiger partial charge on any atom is -0.497 e. The van der Waals surface area contributed by atoms with Crippen molar-refractivity contribution in [3.8, 4) is 11.8 Å². The van der Waals surface area contributed by atoms with Crippen LogP contribution in [0.3, 0.4) is 0 Å². The van der Waals surface area contributed by atoms with Gasteiger partial charge < -0.3 is 9.64 Å². The molecule has 0 N–H and O–H groups in total. The number of rotatable bonds is 6. The summed E-state index contributed by atoms with van der Waals surface area (Å²) in [6.07, 6.45) is 0.227. The molecular formula is C15H20N2O2. The fourth-order valence-corrected chi connectivity index (χ4v) is 1.95. The first kappa shape index (κ1) is 15.0. The maximum Gasteiger partial charge on any atom is 0.224 e. The smallest absolute Gasteiger partial charge is 0.224 e. The summed E-state index contributed by atoms with van der Waals surface area (Å²) in [4.78, 5) is 13.8. The van der Waals surface area contributed by atoms with Gasteiger partial charge in [0.1, 0.15) is 5.75 Å². The molecule has 1 amide bonds. The van der Waals surface area contributed by atoms with Crippen molar-refractivity contribution in [1.29, 1.82) is 5.26 Å². The first-order valence-electron chi connectivity index (χ1n) is 6.47. The molecule has 0 aliphatic rings. The minimum absolute atomic E-state index is 0.0207. The highest BCUT2D eigenvalue weighted by Gasteiger charge is 2.18. The molecule has 102 valence electrons. The minimum atomic E-state index is -0.404. The van der Waals surface area contributed by atoms with E-state index in [9.17, 15) is 10.1 Å². The molecule has 4 nitrogen and oxygen atoms in total. The van der Waals surface area contributed by atoms with Crippen LogP contribution in [0.2, 0.25) is 0 Å². The average molecular weight is 260 g/mol. The van der Waals surface area contributed by atoms with Crippen molar-refractivity contribution >= 4 is 5.91 Å². The third-order valence-electron chi connectivity index (χ3n) is 3.17. The molecule has 1 unspecified atom stereocenters. The molecule has 0 heterocycles. The summed E-state index contributed by atoms with van der Waals surface area (Å²) in [7, 11) is 1.60. The molecule has 19 heavy (non-hydrogen) atoms. The Bertz CT molecular complexity index is 444. The molecule has 0 spiro atoms. The maximum atomic E-state index is 12.0. The summed E-state index contributed by atoms with van der Waals surface area (Å²) in [5.41, 5.74) is 0.851. The summed E-state index contributed by atoms with van der Waals surface area (Å²) in [6, 6.07) is 9.49. The Morgan fingerprint density at radius 2 is 1.89 bits per heavy atom. The van der Waals surface area contributed by atoms with E-state index in [1.165, 1.54) is 0 Å². The molecule has 1 rings (SSSR count). The number of benzene rings is 1. The number of hydrogen-bond acceptors (Lipinski definition) is 3. The van der Waals surface area contributed by atoms with Gasteiger partial charge in [0.05, 0.1) is 19.1 Å². The van der Waals surface area contributed by atoms with E-state index in [2.05, 4.69) is 6.07 Å². The van der Waals surface area contributed by atoms with E-state index < -0.39 is 5.92 Å². The molecule has 0 saturated heterocycles. The number of ether oxygens (including phenoxy) is 1. The lowest BCUT2D eigenvalue weighted by molar-refractivity contribution is -0.130. The van der Waals surface area contributed by atoms with E-state index in [0.717, 1.165) is 11.3 Å². The topological polar surface area (TPSA) is 53.3 Å². The van der Waals surface area contributed by atoms with Crippen LogP contribution in [0.25, 0.3) is 0 Å². The van der Waals surface area contributed by atoms with Gasteiger partial charge in [0.15, 0.2) is 0 Å². The molecule has 0 bridgehead atoms. The first-order valence-corrected chi connectivity index (χ1v) is 6.47. The largest absolute Gasteiger partial charge is 0.497 e. The van der Waals surface area contributed by atoms with E-state index >= 15 is 0 Å². The lowest BCUT2D eigenvalue weighted by Crippen LogP contribution is -2.31.